The van der Waals surface area contributed by atoms with E-state index >= 15 is 0 Å². The van der Waals surface area contributed by atoms with Gasteiger partial charge >= 0.3 is 11.9 Å². The van der Waals surface area contributed by atoms with Crippen LogP contribution >= 0.6 is 0 Å². The number of carbonyl (C=O) groups excluding carboxylic acids is 1. The van der Waals surface area contributed by atoms with Crippen molar-refractivity contribution in [2.75, 3.05) is 0 Å². The van der Waals surface area contributed by atoms with E-state index in [0.29, 0.717) is 0 Å². The quantitative estimate of drug-likeness (QED) is 0.285. The average Bonchev–Trinajstić information content (AvgIpc) is 2.33. The van der Waals surface area contributed by atoms with E-state index in [1.54, 1.807) is 20.8 Å². The maximum absolute atomic E-state index is 11.7. The predicted octanol–water partition coefficient (Wildman–Crippen LogP) is 1.82. The minimum atomic E-state index is -0.670. The van der Waals surface area contributed by atoms with Crippen LogP contribution in [0.5, 0.6) is 0 Å². The van der Waals surface area contributed by atoms with Crippen molar-refractivity contribution in [2.24, 2.45) is 10.9 Å². The third kappa shape index (κ3) is 4.86. The summed E-state index contributed by atoms with van der Waals surface area (Å²) in [6.07, 6.45) is 0. The van der Waals surface area contributed by atoms with E-state index in [1.165, 1.54) is 0 Å². The molecule has 0 spiro atoms. The summed E-state index contributed by atoms with van der Waals surface area (Å²) in [6, 6.07) is 9.34. The van der Waals surface area contributed by atoms with Gasteiger partial charge in [-0.3, -0.25) is 0 Å². The molecule has 1 aromatic rings. The van der Waals surface area contributed by atoms with Gasteiger partial charge in [0.1, 0.15) is 12.2 Å². The summed E-state index contributed by atoms with van der Waals surface area (Å²) in [4.78, 5) is 11.7. The monoisotopic (exact) mass is 250 g/mol. The number of ether oxygens (including phenoxy) is 2. The number of rotatable bonds is 2. The molecule has 0 saturated heterocycles. The summed E-state index contributed by atoms with van der Waals surface area (Å²) in [5, 5.41) is 3.31. The fourth-order valence-electron chi connectivity index (χ4n) is 1.20. The number of nitrogens with two attached hydrogens (primary N) is 1. The highest BCUT2D eigenvalue weighted by molar-refractivity contribution is 6.32. The Balaban J connectivity index is 2.54. The van der Waals surface area contributed by atoms with E-state index in [1.807, 2.05) is 30.3 Å². The maximum atomic E-state index is 11.7. The minimum Gasteiger partial charge on any atom is -0.466 e. The van der Waals surface area contributed by atoms with Gasteiger partial charge in [0.05, 0.1) is 0 Å². The first-order chi connectivity index (χ1) is 8.42. The second-order valence-electron chi connectivity index (χ2n) is 4.71. The Morgan fingerprint density at radius 3 is 2.39 bits per heavy atom. The summed E-state index contributed by atoms with van der Waals surface area (Å²) in [5.74, 6) is 4.22. The molecule has 0 heterocycles. The van der Waals surface area contributed by atoms with Gasteiger partial charge in [0.2, 0.25) is 0 Å². The Kier molecular flexibility index (Phi) is 4.71. The number of hydrazone groups is 1. The van der Waals surface area contributed by atoms with Crippen LogP contribution in [0.15, 0.2) is 35.4 Å². The lowest BCUT2D eigenvalue weighted by molar-refractivity contribution is -0.139. The molecule has 0 unspecified atom stereocenters. The smallest absolute Gasteiger partial charge is 0.396 e. The van der Waals surface area contributed by atoms with Gasteiger partial charge in [0, 0.05) is 0 Å². The zero-order valence-corrected chi connectivity index (χ0v) is 10.8. The number of hydrogen-bond donors (Lipinski definition) is 1. The van der Waals surface area contributed by atoms with Crippen molar-refractivity contribution in [3.63, 3.8) is 0 Å². The zero-order chi connectivity index (χ0) is 13.6. The predicted molar refractivity (Wildman–Crippen MR) is 68.7 cm³/mol. The fourth-order valence-corrected chi connectivity index (χ4v) is 1.20. The number of benzene rings is 1. The lowest BCUT2D eigenvalue weighted by Gasteiger charge is -2.20. The van der Waals surface area contributed by atoms with Crippen LogP contribution in [0.2, 0.25) is 0 Å². The minimum absolute atomic E-state index is 0.159. The molecule has 0 aliphatic carbocycles. The molecule has 1 rings (SSSR count). The van der Waals surface area contributed by atoms with Crippen LogP contribution in [0.3, 0.4) is 0 Å². The molecule has 0 aliphatic rings. The van der Waals surface area contributed by atoms with Gasteiger partial charge < -0.3 is 15.3 Å². The van der Waals surface area contributed by atoms with Gasteiger partial charge in [0.25, 0.3) is 0 Å². The number of esters is 1. The van der Waals surface area contributed by atoms with Gasteiger partial charge in [-0.25, -0.2) is 4.79 Å². The summed E-state index contributed by atoms with van der Waals surface area (Å²) in [5.41, 5.74) is 0.335. The van der Waals surface area contributed by atoms with Gasteiger partial charge in [-0.2, -0.15) is 0 Å². The molecule has 98 valence electrons. The number of nitrogens with zero attached hydrogens (tertiary/aromatic N) is 1. The molecule has 18 heavy (non-hydrogen) atoms. The maximum Gasteiger partial charge on any atom is 0.396 e. The van der Waals surface area contributed by atoms with Crippen molar-refractivity contribution >= 4 is 11.9 Å². The lowest BCUT2D eigenvalue weighted by atomic mass is 10.2. The van der Waals surface area contributed by atoms with Crippen LogP contribution in [-0.2, 0) is 20.9 Å². The van der Waals surface area contributed by atoms with E-state index in [9.17, 15) is 4.79 Å². The molecule has 1 aromatic carbocycles. The van der Waals surface area contributed by atoms with Crippen molar-refractivity contribution in [2.45, 2.75) is 33.0 Å². The molecule has 5 nitrogen and oxygen atoms in total. The molecule has 0 fully saturated rings. The highest BCUT2D eigenvalue weighted by Gasteiger charge is 2.22. The Hall–Kier alpha value is -2.04. The van der Waals surface area contributed by atoms with Crippen molar-refractivity contribution in [3.05, 3.63) is 35.9 Å². The van der Waals surface area contributed by atoms with E-state index in [-0.39, 0.29) is 12.5 Å². The number of hydrogen-bond acceptors (Lipinski definition) is 5. The van der Waals surface area contributed by atoms with E-state index < -0.39 is 11.6 Å². The molecule has 0 aliphatic heterocycles. The van der Waals surface area contributed by atoms with Crippen molar-refractivity contribution in [1.29, 1.82) is 0 Å². The van der Waals surface area contributed by atoms with Crippen molar-refractivity contribution in [3.8, 4) is 0 Å². The molecule has 0 saturated carbocycles. The highest BCUT2D eigenvalue weighted by atomic mass is 16.6. The van der Waals surface area contributed by atoms with E-state index in [0.717, 1.165) is 5.56 Å². The normalized spacial score (nSPS) is 12.1. The van der Waals surface area contributed by atoms with Gasteiger partial charge in [-0.1, -0.05) is 30.3 Å². The molecular formula is C13H18N2O3. The van der Waals surface area contributed by atoms with Crippen molar-refractivity contribution < 1.29 is 14.3 Å². The summed E-state index contributed by atoms with van der Waals surface area (Å²) in [6.45, 7) is 5.54. The molecule has 0 atom stereocenters. The van der Waals surface area contributed by atoms with Crippen LogP contribution in [-0.4, -0.2) is 17.5 Å². The largest absolute Gasteiger partial charge is 0.466 e. The SMILES string of the molecule is CC(C)(C)OC(=NN)C(=O)OCc1ccccc1. The summed E-state index contributed by atoms with van der Waals surface area (Å²) >= 11 is 0. The first-order valence-electron chi connectivity index (χ1n) is 5.60. The molecule has 0 radical (unpaired) electrons. The van der Waals surface area contributed by atoms with Crippen LogP contribution in [0.4, 0.5) is 0 Å². The van der Waals surface area contributed by atoms with Crippen LogP contribution < -0.4 is 5.84 Å². The Labute approximate surface area is 107 Å². The first kappa shape index (κ1) is 14.0. The van der Waals surface area contributed by atoms with Crippen LogP contribution in [0, 0.1) is 0 Å². The third-order valence-corrected chi connectivity index (χ3v) is 1.91. The van der Waals surface area contributed by atoms with E-state index in [2.05, 4.69) is 5.10 Å². The lowest BCUT2D eigenvalue weighted by Crippen LogP contribution is -2.31. The van der Waals surface area contributed by atoms with Crippen LogP contribution in [0.1, 0.15) is 26.3 Å². The summed E-state index contributed by atoms with van der Waals surface area (Å²) < 4.78 is 10.3. The van der Waals surface area contributed by atoms with E-state index in [4.69, 9.17) is 15.3 Å². The molecule has 2 N–H and O–H groups in total. The van der Waals surface area contributed by atoms with Gasteiger partial charge in [0.15, 0.2) is 0 Å². The number of carbonyl (C=O) groups is 1. The zero-order valence-electron chi connectivity index (χ0n) is 10.8. The fraction of sp³-hybridized carbons (Fsp3) is 0.385. The van der Waals surface area contributed by atoms with Crippen LogP contribution in [0.25, 0.3) is 0 Å². The Morgan fingerprint density at radius 1 is 1.28 bits per heavy atom. The topological polar surface area (TPSA) is 73.9 Å². The average molecular weight is 250 g/mol. The van der Waals surface area contributed by atoms with Gasteiger partial charge in [-0.05, 0) is 26.3 Å². The van der Waals surface area contributed by atoms with Gasteiger partial charge in [-0.15, -0.1) is 5.10 Å². The molecule has 5 heteroatoms. The second-order valence-corrected chi connectivity index (χ2v) is 4.71. The van der Waals surface area contributed by atoms with Crippen molar-refractivity contribution in [1.82, 2.24) is 0 Å². The molecule has 0 bridgehead atoms. The highest BCUT2D eigenvalue weighted by Crippen LogP contribution is 2.09. The second kappa shape index (κ2) is 6.05. The first-order valence-corrected chi connectivity index (χ1v) is 5.60. The summed E-state index contributed by atoms with van der Waals surface area (Å²) in [7, 11) is 0. The molecular weight excluding hydrogens is 232 g/mol. The Bertz CT molecular complexity index is 422. The Morgan fingerprint density at radius 2 is 1.89 bits per heavy atom. The molecule has 0 amide bonds. The third-order valence-electron chi connectivity index (χ3n) is 1.91. The molecule has 0 aromatic heterocycles. The standard InChI is InChI=1S/C13H18N2O3/c1-13(2,3)18-11(15-14)12(16)17-9-10-7-5-4-6-8-10/h4-8H,9,14H2,1-3H3.